The molecule has 2 aliphatic rings. The topological polar surface area (TPSA) is 93.2 Å². The molecule has 7 heteroatoms. The minimum atomic E-state index is -1.74. The Morgan fingerprint density at radius 1 is 1.12 bits per heavy atom. The molecule has 1 aliphatic carbocycles. The van der Waals surface area contributed by atoms with E-state index in [1.807, 2.05) is 49.3 Å². The number of halogens is 1. The van der Waals surface area contributed by atoms with Gasteiger partial charge in [-0.2, -0.15) is 10.5 Å². The Morgan fingerprint density at radius 3 is 2.44 bits per heavy atom. The van der Waals surface area contributed by atoms with Crippen molar-refractivity contribution in [3.63, 3.8) is 0 Å². The van der Waals surface area contributed by atoms with E-state index in [0.29, 0.717) is 34.1 Å². The van der Waals surface area contributed by atoms with E-state index in [-0.39, 0.29) is 11.8 Å². The number of hydrogen-bond acceptors (Lipinski definition) is 6. The average molecular weight is 471 g/mol. The fourth-order valence-corrected chi connectivity index (χ4v) is 6.06. The van der Waals surface area contributed by atoms with Gasteiger partial charge in [0.1, 0.15) is 11.4 Å². The maximum Gasteiger partial charge on any atom is 0.177 e. The molecule has 0 amide bonds. The van der Waals surface area contributed by atoms with Gasteiger partial charge in [-0.3, -0.25) is 4.98 Å². The summed E-state index contributed by atoms with van der Waals surface area (Å²) < 4.78 is 6.72. The molecule has 1 fully saturated rings. The number of aliphatic hydroxyl groups is 1. The number of fused-ring (bicyclic) bond motifs is 3. The van der Waals surface area contributed by atoms with Crippen molar-refractivity contribution in [2.24, 2.45) is 11.8 Å². The Morgan fingerprint density at radius 2 is 1.82 bits per heavy atom. The molecule has 1 aromatic heterocycles. The molecule has 170 valence electrons. The van der Waals surface area contributed by atoms with E-state index >= 15 is 0 Å². The van der Waals surface area contributed by atoms with Crippen LogP contribution in [-0.2, 0) is 11.2 Å². The predicted molar refractivity (Wildman–Crippen MR) is 127 cm³/mol. The summed E-state index contributed by atoms with van der Waals surface area (Å²) in [6, 6.07) is 23.1. The molecule has 5 rings (SSSR count). The molecule has 1 N–H and O–H groups in total. The second-order valence-corrected chi connectivity index (χ2v) is 9.65. The summed E-state index contributed by atoms with van der Waals surface area (Å²) in [5.74, 6) is -1.10. The van der Waals surface area contributed by atoms with Crippen molar-refractivity contribution in [1.82, 2.24) is 9.88 Å². The second kappa shape index (κ2) is 8.11. The zero-order valence-corrected chi connectivity index (χ0v) is 19.6. The number of aromatic nitrogens is 1. The molecule has 3 aromatic rings. The molecule has 0 bridgehead atoms. The van der Waals surface area contributed by atoms with E-state index in [1.165, 1.54) is 6.20 Å². The standard InChI is InChI=1S/C27H23ClN4O2/c1-32(2)16-21-22(14-30)26(33)25-23(12-20(28)15-31-25)34-27(26,19-10-8-17(13-29)9-11-19)24(21)18-6-4-3-5-7-18/h3-12,15,21-22,24,33H,16H2,1-2H3/t21-,22+,24+,26+,27-/m0/s1. The highest BCUT2D eigenvalue weighted by Crippen LogP contribution is 2.70. The van der Waals surface area contributed by atoms with Crippen molar-refractivity contribution in [3.8, 4) is 17.9 Å². The van der Waals surface area contributed by atoms with Crippen LogP contribution >= 0.6 is 11.6 Å². The first-order valence-corrected chi connectivity index (χ1v) is 11.4. The summed E-state index contributed by atoms with van der Waals surface area (Å²) in [5, 5.41) is 32.8. The smallest absolute Gasteiger partial charge is 0.177 e. The highest BCUT2D eigenvalue weighted by atomic mass is 35.5. The SMILES string of the molecule is CN(C)C[C@H]1[C@@H](C#N)[C@@]2(O)c3ncc(Cl)cc3O[C@@]2(c2ccc(C#N)cc2)[C@@H]1c1ccccc1. The van der Waals surface area contributed by atoms with E-state index < -0.39 is 17.1 Å². The van der Waals surface area contributed by atoms with Crippen molar-refractivity contribution in [2.45, 2.75) is 17.1 Å². The summed E-state index contributed by atoms with van der Waals surface area (Å²) in [5.41, 5.74) is -0.640. The molecular weight excluding hydrogens is 448 g/mol. The van der Waals surface area contributed by atoms with Crippen LogP contribution in [0.3, 0.4) is 0 Å². The van der Waals surface area contributed by atoms with Crippen molar-refractivity contribution in [1.29, 1.82) is 10.5 Å². The first-order chi connectivity index (χ1) is 16.4. The van der Waals surface area contributed by atoms with Crippen LogP contribution in [0.25, 0.3) is 0 Å². The van der Waals surface area contributed by atoms with Gasteiger partial charge in [-0.05, 0) is 37.4 Å². The Hall–Kier alpha value is -3.42. The fourth-order valence-electron chi connectivity index (χ4n) is 5.91. The van der Waals surface area contributed by atoms with Gasteiger partial charge in [0.25, 0.3) is 0 Å². The highest BCUT2D eigenvalue weighted by molar-refractivity contribution is 6.30. The molecule has 2 aromatic carbocycles. The Labute approximate surface area is 203 Å². The largest absolute Gasteiger partial charge is 0.476 e. The highest BCUT2D eigenvalue weighted by Gasteiger charge is 2.77. The quantitative estimate of drug-likeness (QED) is 0.614. The van der Waals surface area contributed by atoms with E-state index in [1.54, 1.807) is 30.3 Å². The molecule has 0 saturated heterocycles. The van der Waals surface area contributed by atoms with Gasteiger partial charge in [0.15, 0.2) is 11.2 Å². The van der Waals surface area contributed by atoms with Gasteiger partial charge in [-0.1, -0.05) is 54.1 Å². The van der Waals surface area contributed by atoms with Crippen LogP contribution in [0.15, 0.2) is 66.9 Å². The molecule has 0 spiro atoms. The summed E-state index contributed by atoms with van der Waals surface area (Å²) >= 11 is 6.25. The van der Waals surface area contributed by atoms with Gasteiger partial charge in [0.05, 0.1) is 28.6 Å². The molecule has 0 unspecified atom stereocenters. The second-order valence-electron chi connectivity index (χ2n) is 9.21. The molecule has 0 radical (unpaired) electrons. The third kappa shape index (κ3) is 2.97. The Bertz CT molecular complexity index is 1320. The summed E-state index contributed by atoms with van der Waals surface area (Å²) in [6.07, 6.45) is 1.47. The van der Waals surface area contributed by atoms with E-state index in [4.69, 9.17) is 16.3 Å². The minimum absolute atomic E-state index is 0.270. The average Bonchev–Trinajstić information content (AvgIpc) is 3.20. The zero-order chi connectivity index (χ0) is 24.1. The number of pyridine rings is 1. The van der Waals surface area contributed by atoms with E-state index in [2.05, 4.69) is 17.1 Å². The number of nitriles is 2. The van der Waals surface area contributed by atoms with Crippen LogP contribution in [0, 0.1) is 34.5 Å². The van der Waals surface area contributed by atoms with Crippen LogP contribution in [0.4, 0.5) is 0 Å². The van der Waals surface area contributed by atoms with Crippen LogP contribution < -0.4 is 4.74 Å². The summed E-state index contributed by atoms with van der Waals surface area (Å²) in [6.45, 7) is 0.560. The first kappa shape index (κ1) is 22.4. The molecule has 34 heavy (non-hydrogen) atoms. The van der Waals surface area contributed by atoms with Crippen molar-refractivity contribution < 1.29 is 9.84 Å². The van der Waals surface area contributed by atoms with Crippen LogP contribution in [-0.4, -0.2) is 35.6 Å². The number of ether oxygens (including phenoxy) is 1. The number of rotatable bonds is 4. The lowest BCUT2D eigenvalue weighted by atomic mass is 9.71. The van der Waals surface area contributed by atoms with E-state index in [0.717, 1.165) is 5.56 Å². The fraction of sp³-hybridized carbons (Fsp3) is 0.296. The number of nitrogens with zero attached hydrogens (tertiary/aromatic N) is 4. The molecule has 6 nitrogen and oxygen atoms in total. The van der Waals surface area contributed by atoms with Gasteiger partial charge in [-0.25, -0.2) is 0 Å². The molecule has 1 aliphatic heterocycles. The molecule has 2 heterocycles. The van der Waals surface area contributed by atoms with Crippen molar-refractivity contribution in [2.75, 3.05) is 20.6 Å². The van der Waals surface area contributed by atoms with E-state index in [9.17, 15) is 15.6 Å². The predicted octanol–water partition coefficient (Wildman–Crippen LogP) is 4.20. The van der Waals surface area contributed by atoms with Crippen molar-refractivity contribution in [3.05, 3.63) is 94.3 Å². The maximum absolute atomic E-state index is 12.6. The third-order valence-corrected chi connectivity index (χ3v) is 7.29. The first-order valence-electron chi connectivity index (χ1n) is 11.0. The van der Waals surface area contributed by atoms with Crippen LogP contribution in [0.5, 0.6) is 5.75 Å². The maximum atomic E-state index is 12.6. The lowest BCUT2D eigenvalue weighted by Gasteiger charge is -2.40. The lowest BCUT2D eigenvalue weighted by Crippen LogP contribution is -2.50. The Kier molecular flexibility index (Phi) is 5.34. The van der Waals surface area contributed by atoms with Gasteiger partial charge in [0.2, 0.25) is 0 Å². The monoisotopic (exact) mass is 470 g/mol. The normalized spacial score (nSPS) is 29.1. The summed E-state index contributed by atoms with van der Waals surface area (Å²) in [4.78, 5) is 6.52. The number of hydrogen-bond donors (Lipinski definition) is 1. The minimum Gasteiger partial charge on any atom is -0.476 e. The Balaban J connectivity index is 1.86. The molecular formula is C27H23ClN4O2. The van der Waals surface area contributed by atoms with Crippen LogP contribution in [0.1, 0.15) is 28.3 Å². The van der Waals surface area contributed by atoms with Gasteiger partial charge < -0.3 is 14.7 Å². The zero-order valence-electron chi connectivity index (χ0n) is 18.8. The van der Waals surface area contributed by atoms with Crippen molar-refractivity contribution >= 4 is 11.6 Å². The summed E-state index contributed by atoms with van der Waals surface area (Å²) in [7, 11) is 3.91. The van der Waals surface area contributed by atoms with Gasteiger partial charge >= 0.3 is 0 Å². The van der Waals surface area contributed by atoms with Crippen LogP contribution in [0.2, 0.25) is 5.02 Å². The lowest BCUT2D eigenvalue weighted by molar-refractivity contribution is -0.120. The third-order valence-electron chi connectivity index (χ3n) is 7.08. The molecule has 5 atom stereocenters. The molecule has 1 saturated carbocycles. The van der Waals surface area contributed by atoms with Gasteiger partial charge in [0, 0.05) is 30.6 Å². The van der Waals surface area contributed by atoms with Gasteiger partial charge in [-0.15, -0.1) is 0 Å². The number of benzene rings is 2.